The number of carboxylic acid groups (broad SMARTS) is 1. The highest BCUT2D eigenvalue weighted by molar-refractivity contribution is 6.07. The molecule has 0 radical (unpaired) electrons. The van der Waals surface area contributed by atoms with Crippen molar-refractivity contribution in [2.75, 3.05) is 23.1 Å². The SMILES string of the molecule is CC(=O)N1c2ccccc2N(CC(=O)N[C@H](C=O)CC(=O)O)C(=O)C[C@H]1NC(=O)CCc1ccc2c(c1)OCO2. The number of carbonyl (C=O) groups is 6. The van der Waals surface area contributed by atoms with Crippen LogP contribution < -0.4 is 29.9 Å². The van der Waals surface area contributed by atoms with Gasteiger partial charge >= 0.3 is 5.97 Å². The Morgan fingerprint density at radius 2 is 1.80 bits per heavy atom. The van der Waals surface area contributed by atoms with Gasteiger partial charge in [-0.3, -0.25) is 28.9 Å². The highest BCUT2D eigenvalue weighted by atomic mass is 16.7. The topological polar surface area (TPSA) is 172 Å². The highest BCUT2D eigenvalue weighted by Gasteiger charge is 2.36. The lowest BCUT2D eigenvalue weighted by molar-refractivity contribution is -0.139. The van der Waals surface area contributed by atoms with Crippen LogP contribution in [0.15, 0.2) is 42.5 Å². The molecule has 4 amide bonds. The van der Waals surface area contributed by atoms with Crippen LogP contribution in [0.5, 0.6) is 11.5 Å². The fourth-order valence-corrected chi connectivity index (χ4v) is 4.57. The molecule has 0 aliphatic carbocycles. The first kappa shape index (κ1) is 28.1. The van der Waals surface area contributed by atoms with E-state index in [1.165, 1.54) is 11.8 Å². The Kier molecular flexibility index (Phi) is 8.62. The van der Waals surface area contributed by atoms with E-state index in [2.05, 4.69) is 10.6 Å². The molecule has 0 spiro atoms. The van der Waals surface area contributed by atoms with Crippen LogP contribution in [0.1, 0.15) is 31.7 Å². The predicted molar refractivity (Wildman–Crippen MR) is 140 cm³/mol. The Labute approximate surface area is 229 Å². The third kappa shape index (κ3) is 6.54. The van der Waals surface area contributed by atoms with Gasteiger partial charge in [0.15, 0.2) is 11.5 Å². The van der Waals surface area contributed by atoms with Gasteiger partial charge in [-0.1, -0.05) is 18.2 Å². The van der Waals surface area contributed by atoms with E-state index in [4.69, 9.17) is 14.6 Å². The summed E-state index contributed by atoms with van der Waals surface area (Å²) >= 11 is 0. The lowest BCUT2D eigenvalue weighted by Crippen LogP contribution is -2.51. The number of hydrogen-bond acceptors (Lipinski definition) is 8. The summed E-state index contributed by atoms with van der Waals surface area (Å²) in [5.41, 5.74) is 1.39. The Morgan fingerprint density at radius 3 is 2.50 bits per heavy atom. The van der Waals surface area contributed by atoms with E-state index in [0.29, 0.717) is 29.9 Å². The summed E-state index contributed by atoms with van der Waals surface area (Å²) in [6, 6.07) is 10.5. The maximum atomic E-state index is 13.4. The largest absolute Gasteiger partial charge is 0.481 e. The van der Waals surface area contributed by atoms with Crippen molar-refractivity contribution in [1.82, 2.24) is 10.6 Å². The van der Waals surface area contributed by atoms with Crippen molar-refractivity contribution in [1.29, 1.82) is 0 Å². The van der Waals surface area contributed by atoms with Gasteiger partial charge in [-0.2, -0.15) is 0 Å². The number of benzene rings is 2. The lowest BCUT2D eigenvalue weighted by Gasteiger charge is -2.30. The first-order chi connectivity index (χ1) is 19.2. The molecule has 2 atom stereocenters. The maximum absolute atomic E-state index is 13.4. The summed E-state index contributed by atoms with van der Waals surface area (Å²) in [7, 11) is 0. The molecule has 2 aromatic carbocycles. The number of anilines is 2. The molecule has 3 N–H and O–H groups in total. The summed E-state index contributed by atoms with van der Waals surface area (Å²) in [4.78, 5) is 76.3. The number of carboxylic acids is 1. The van der Waals surface area contributed by atoms with E-state index in [-0.39, 0.29) is 25.3 Å². The Morgan fingerprint density at radius 1 is 1.07 bits per heavy atom. The quantitative estimate of drug-likeness (QED) is 0.360. The summed E-state index contributed by atoms with van der Waals surface area (Å²) in [6.45, 7) is 0.905. The molecule has 0 saturated carbocycles. The van der Waals surface area contributed by atoms with Crippen LogP contribution in [0.25, 0.3) is 0 Å². The second kappa shape index (κ2) is 12.3. The molecule has 2 heterocycles. The molecule has 0 bridgehead atoms. The molecule has 2 aliphatic rings. The third-order valence-corrected chi connectivity index (χ3v) is 6.36. The van der Waals surface area contributed by atoms with Crippen LogP contribution in [-0.4, -0.2) is 66.5 Å². The zero-order valence-electron chi connectivity index (χ0n) is 21.6. The number of nitrogens with one attached hydrogen (secondary N) is 2. The number of aryl methyl sites for hydroxylation is 1. The molecule has 13 nitrogen and oxygen atoms in total. The zero-order valence-corrected chi connectivity index (χ0v) is 21.6. The molecular weight excluding hydrogens is 524 g/mol. The third-order valence-electron chi connectivity index (χ3n) is 6.36. The van der Waals surface area contributed by atoms with Crippen molar-refractivity contribution in [2.24, 2.45) is 0 Å². The van der Waals surface area contributed by atoms with Crippen molar-refractivity contribution in [3.8, 4) is 11.5 Å². The number of nitrogens with zero attached hydrogens (tertiary/aromatic N) is 2. The molecule has 40 heavy (non-hydrogen) atoms. The number of ether oxygens (including phenoxy) is 2. The van der Waals surface area contributed by atoms with E-state index in [9.17, 15) is 28.8 Å². The summed E-state index contributed by atoms with van der Waals surface area (Å²) in [5.74, 6) is -2.21. The molecule has 210 valence electrons. The van der Waals surface area contributed by atoms with Gasteiger partial charge in [-0.05, 0) is 36.2 Å². The predicted octanol–water partition coefficient (Wildman–Crippen LogP) is 0.738. The van der Waals surface area contributed by atoms with E-state index < -0.39 is 54.8 Å². The van der Waals surface area contributed by atoms with Crippen LogP contribution in [0.4, 0.5) is 11.4 Å². The van der Waals surface area contributed by atoms with Gasteiger partial charge < -0.3 is 34.9 Å². The minimum Gasteiger partial charge on any atom is -0.481 e. The summed E-state index contributed by atoms with van der Waals surface area (Å²) in [6.07, 6.45) is -1.22. The summed E-state index contributed by atoms with van der Waals surface area (Å²) in [5, 5.41) is 14.0. The minimum atomic E-state index is -1.28. The molecule has 4 rings (SSSR count). The zero-order chi connectivity index (χ0) is 28.8. The Hall–Kier alpha value is -4.94. The molecule has 2 aliphatic heterocycles. The summed E-state index contributed by atoms with van der Waals surface area (Å²) < 4.78 is 10.7. The number of para-hydroxylation sites is 2. The minimum absolute atomic E-state index is 0.0699. The van der Waals surface area contributed by atoms with Gasteiger partial charge in [0.25, 0.3) is 0 Å². The molecule has 0 unspecified atom stereocenters. The number of hydrogen-bond donors (Lipinski definition) is 3. The number of rotatable bonds is 10. The average molecular weight is 553 g/mol. The van der Waals surface area contributed by atoms with Gasteiger partial charge in [0.1, 0.15) is 19.0 Å². The second-order valence-corrected chi connectivity index (χ2v) is 9.24. The van der Waals surface area contributed by atoms with Gasteiger partial charge in [0, 0.05) is 13.3 Å². The first-order valence-corrected chi connectivity index (χ1v) is 12.5. The van der Waals surface area contributed by atoms with E-state index in [1.54, 1.807) is 36.4 Å². The average Bonchev–Trinajstić information content (AvgIpc) is 3.34. The Balaban J connectivity index is 1.50. The van der Waals surface area contributed by atoms with Gasteiger partial charge in [0.05, 0.1) is 30.3 Å². The number of aldehydes is 1. The van der Waals surface area contributed by atoms with Crippen molar-refractivity contribution in [3.05, 3.63) is 48.0 Å². The lowest BCUT2D eigenvalue weighted by atomic mass is 10.1. The van der Waals surface area contributed by atoms with Gasteiger partial charge in [-0.25, -0.2) is 0 Å². The smallest absolute Gasteiger partial charge is 0.305 e. The molecule has 0 aromatic heterocycles. The normalized spacial score (nSPS) is 16.4. The van der Waals surface area contributed by atoms with Gasteiger partial charge in [-0.15, -0.1) is 0 Å². The van der Waals surface area contributed by atoms with Gasteiger partial charge in [0.2, 0.25) is 30.4 Å². The molecule has 13 heteroatoms. The second-order valence-electron chi connectivity index (χ2n) is 9.24. The number of aliphatic carboxylic acids is 1. The molecular formula is C27H28N4O9. The monoisotopic (exact) mass is 552 g/mol. The maximum Gasteiger partial charge on any atom is 0.305 e. The van der Waals surface area contributed by atoms with Crippen molar-refractivity contribution in [2.45, 2.75) is 44.8 Å². The first-order valence-electron chi connectivity index (χ1n) is 12.5. The van der Waals surface area contributed by atoms with E-state index in [0.717, 1.165) is 10.5 Å². The number of carbonyl (C=O) groups excluding carboxylic acids is 5. The van der Waals surface area contributed by atoms with E-state index >= 15 is 0 Å². The van der Waals surface area contributed by atoms with Crippen molar-refractivity contribution in [3.63, 3.8) is 0 Å². The number of fused-ring (bicyclic) bond motifs is 2. The van der Waals surface area contributed by atoms with Crippen LogP contribution in [0, 0.1) is 0 Å². The fourth-order valence-electron chi connectivity index (χ4n) is 4.57. The van der Waals surface area contributed by atoms with Crippen molar-refractivity contribution >= 4 is 47.3 Å². The van der Waals surface area contributed by atoms with E-state index in [1.807, 2.05) is 6.07 Å². The standard InChI is InChI=1S/C27H28N4O9/c1-16(33)31-20-5-3-2-4-19(20)30(13-25(35)28-18(14-32)11-27(37)38)26(36)12-23(31)29-24(34)9-7-17-6-8-21-22(10-17)40-15-39-21/h2-6,8,10,14,18,23H,7,9,11-13,15H2,1H3,(H,28,35)(H,29,34)(H,37,38)/t18-,23-/m0/s1. The molecule has 0 fully saturated rings. The van der Waals surface area contributed by atoms with Crippen LogP contribution in [-0.2, 0) is 35.2 Å². The molecule has 0 saturated heterocycles. The fraction of sp³-hybridized carbons (Fsp3) is 0.333. The number of amides is 4. The van der Waals surface area contributed by atoms with Crippen LogP contribution in [0.3, 0.4) is 0 Å². The van der Waals surface area contributed by atoms with Crippen LogP contribution >= 0.6 is 0 Å². The highest BCUT2D eigenvalue weighted by Crippen LogP contribution is 2.35. The molecule has 2 aromatic rings. The van der Waals surface area contributed by atoms with Crippen molar-refractivity contribution < 1.29 is 43.3 Å². The van der Waals surface area contributed by atoms with Crippen LogP contribution in [0.2, 0.25) is 0 Å². The Bertz CT molecular complexity index is 1350.